The first-order valence-electron chi connectivity index (χ1n) is 9.55. The smallest absolute Gasteiger partial charge is 0.179 e. The highest BCUT2D eigenvalue weighted by Gasteiger charge is 2.20. The molecule has 7 heteroatoms. The Morgan fingerprint density at radius 1 is 1.00 bits per heavy atom. The summed E-state index contributed by atoms with van der Waals surface area (Å²) in [5, 5.41) is 3.36. The standard InChI is InChI=1S/C21H22FN5O/c1-13-9-26-11-16(8-19(28-2)21(26)24-13)15-7-17(22)20-25-18(12-27(20)10-15)14-3-5-23-6-4-14/h7-12,14,23H,3-6H2,1-2H3. The number of rotatable bonds is 3. The minimum atomic E-state index is -0.321. The Balaban J connectivity index is 1.62. The van der Waals surface area contributed by atoms with E-state index in [1.54, 1.807) is 17.6 Å². The summed E-state index contributed by atoms with van der Waals surface area (Å²) in [6.07, 6.45) is 9.85. The number of aryl methyl sites for hydroxylation is 1. The number of nitrogens with one attached hydrogen (secondary N) is 1. The zero-order chi connectivity index (χ0) is 19.3. The van der Waals surface area contributed by atoms with Crippen LogP contribution in [0.4, 0.5) is 4.39 Å². The third-order valence-corrected chi connectivity index (χ3v) is 5.47. The molecule has 1 fully saturated rings. The second kappa shape index (κ2) is 6.60. The molecule has 5 heterocycles. The van der Waals surface area contributed by atoms with E-state index in [-0.39, 0.29) is 5.82 Å². The summed E-state index contributed by atoms with van der Waals surface area (Å²) in [5.74, 6) is 0.722. The van der Waals surface area contributed by atoms with Crippen LogP contribution in [0.25, 0.3) is 22.4 Å². The first-order valence-corrected chi connectivity index (χ1v) is 9.55. The number of hydrogen-bond acceptors (Lipinski definition) is 4. The molecule has 4 aromatic heterocycles. The summed E-state index contributed by atoms with van der Waals surface area (Å²) >= 11 is 0. The summed E-state index contributed by atoms with van der Waals surface area (Å²) in [7, 11) is 1.62. The Kier molecular flexibility index (Phi) is 4.05. The highest BCUT2D eigenvalue weighted by atomic mass is 19.1. The number of pyridine rings is 2. The molecule has 0 radical (unpaired) electrons. The minimum absolute atomic E-state index is 0.321. The summed E-state index contributed by atoms with van der Waals surface area (Å²) in [5.41, 5.74) is 4.63. The predicted molar refractivity (Wildman–Crippen MR) is 105 cm³/mol. The first-order chi connectivity index (χ1) is 13.6. The molecule has 5 rings (SSSR count). The molecule has 0 bridgehead atoms. The lowest BCUT2D eigenvalue weighted by atomic mass is 9.95. The van der Waals surface area contributed by atoms with Crippen molar-refractivity contribution < 1.29 is 9.13 Å². The third kappa shape index (κ3) is 2.82. The van der Waals surface area contributed by atoms with Gasteiger partial charge in [-0.15, -0.1) is 0 Å². The van der Waals surface area contributed by atoms with Crippen molar-refractivity contribution in [3.8, 4) is 16.9 Å². The van der Waals surface area contributed by atoms with Crippen molar-refractivity contribution in [1.29, 1.82) is 0 Å². The van der Waals surface area contributed by atoms with E-state index in [1.807, 2.05) is 42.2 Å². The van der Waals surface area contributed by atoms with Crippen molar-refractivity contribution in [2.24, 2.45) is 0 Å². The maximum absolute atomic E-state index is 14.9. The number of ether oxygens (including phenoxy) is 1. The number of halogens is 1. The van der Waals surface area contributed by atoms with E-state index in [4.69, 9.17) is 4.74 Å². The van der Waals surface area contributed by atoms with E-state index < -0.39 is 0 Å². The molecule has 28 heavy (non-hydrogen) atoms. The fourth-order valence-electron chi connectivity index (χ4n) is 4.05. The zero-order valence-corrected chi connectivity index (χ0v) is 15.9. The van der Waals surface area contributed by atoms with Crippen molar-refractivity contribution in [3.05, 3.63) is 54.1 Å². The largest absolute Gasteiger partial charge is 0.493 e. The summed E-state index contributed by atoms with van der Waals surface area (Å²) in [6.45, 7) is 3.90. The average Bonchev–Trinajstić information content (AvgIpc) is 3.30. The fraction of sp³-hybridized carbons (Fsp3) is 0.333. The maximum Gasteiger partial charge on any atom is 0.179 e. The second-order valence-corrected chi connectivity index (χ2v) is 7.41. The summed E-state index contributed by atoms with van der Waals surface area (Å²) in [4.78, 5) is 9.06. The fourth-order valence-corrected chi connectivity index (χ4v) is 4.05. The molecule has 0 aromatic carbocycles. The van der Waals surface area contributed by atoms with Crippen LogP contribution in [0.3, 0.4) is 0 Å². The van der Waals surface area contributed by atoms with Gasteiger partial charge in [0, 0.05) is 41.8 Å². The number of piperidine rings is 1. The van der Waals surface area contributed by atoms with Crippen molar-refractivity contribution >= 4 is 11.3 Å². The molecule has 1 saturated heterocycles. The number of aromatic nitrogens is 4. The quantitative estimate of drug-likeness (QED) is 0.591. The van der Waals surface area contributed by atoms with E-state index >= 15 is 0 Å². The predicted octanol–water partition coefficient (Wildman–Crippen LogP) is 3.57. The van der Waals surface area contributed by atoms with Crippen molar-refractivity contribution in [2.45, 2.75) is 25.7 Å². The lowest BCUT2D eigenvalue weighted by molar-refractivity contribution is 0.417. The van der Waals surface area contributed by atoms with Gasteiger partial charge in [-0.1, -0.05) is 0 Å². The van der Waals surface area contributed by atoms with Gasteiger partial charge in [0.1, 0.15) is 0 Å². The summed E-state index contributed by atoms with van der Waals surface area (Å²) in [6, 6.07) is 3.44. The van der Waals surface area contributed by atoms with Gasteiger partial charge in [-0.3, -0.25) is 0 Å². The van der Waals surface area contributed by atoms with Crippen LogP contribution in [-0.4, -0.2) is 39.0 Å². The van der Waals surface area contributed by atoms with E-state index in [0.29, 0.717) is 17.3 Å². The number of fused-ring (bicyclic) bond motifs is 2. The van der Waals surface area contributed by atoms with Crippen LogP contribution < -0.4 is 10.1 Å². The monoisotopic (exact) mass is 379 g/mol. The Labute approximate surface area is 162 Å². The van der Waals surface area contributed by atoms with Gasteiger partial charge in [-0.05, 0) is 45.0 Å². The average molecular weight is 379 g/mol. The SMILES string of the molecule is COc1cc(-c2cc(F)c3nc(C4CCNCC4)cn3c2)cn2cc(C)nc12. The van der Waals surface area contributed by atoms with Gasteiger partial charge < -0.3 is 18.9 Å². The molecule has 0 saturated carbocycles. The van der Waals surface area contributed by atoms with Gasteiger partial charge in [0.2, 0.25) is 0 Å². The van der Waals surface area contributed by atoms with Crippen LogP contribution in [0.5, 0.6) is 5.75 Å². The van der Waals surface area contributed by atoms with Gasteiger partial charge in [0.25, 0.3) is 0 Å². The maximum atomic E-state index is 14.9. The van der Waals surface area contributed by atoms with Gasteiger partial charge >= 0.3 is 0 Å². The van der Waals surface area contributed by atoms with Gasteiger partial charge in [0.15, 0.2) is 22.9 Å². The number of nitrogens with zero attached hydrogens (tertiary/aromatic N) is 4. The molecule has 0 spiro atoms. The van der Waals surface area contributed by atoms with Crippen molar-refractivity contribution in [1.82, 2.24) is 24.1 Å². The Hall–Kier alpha value is -2.93. The van der Waals surface area contributed by atoms with E-state index in [0.717, 1.165) is 54.1 Å². The van der Waals surface area contributed by atoms with Crippen LogP contribution in [0.2, 0.25) is 0 Å². The van der Waals surface area contributed by atoms with Crippen molar-refractivity contribution in [3.63, 3.8) is 0 Å². The molecule has 0 atom stereocenters. The van der Waals surface area contributed by atoms with Crippen LogP contribution in [0.15, 0.2) is 36.9 Å². The van der Waals surface area contributed by atoms with Gasteiger partial charge in [-0.25, -0.2) is 14.4 Å². The number of hydrogen-bond donors (Lipinski definition) is 1. The topological polar surface area (TPSA) is 55.9 Å². The molecular formula is C21H22FN5O. The van der Waals surface area contributed by atoms with Gasteiger partial charge in [-0.2, -0.15) is 0 Å². The Bertz CT molecular complexity index is 1170. The second-order valence-electron chi connectivity index (χ2n) is 7.41. The lowest BCUT2D eigenvalue weighted by Crippen LogP contribution is -2.26. The van der Waals surface area contributed by atoms with Crippen LogP contribution in [0, 0.1) is 12.7 Å². The van der Waals surface area contributed by atoms with E-state index in [2.05, 4.69) is 15.3 Å². The Morgan fingerprint density at radius 3 is 2.46 bits per heavy atom. The normalized spacial score (nSPS) is 15.5. The van der Waals surface area contributed by atoms with Crippen LogP contribution in [-0.2, 0) is 0 Å². The zero-order valence-electron chi connectivity index (χ0n) is 15.9. The number of imidazole rings is 2. The molecule has 0 unspecified atom stereocenters. The molecule has 1 N–H and O–H groups in total. The molecule has 4 aromatic rings. The van der Waals surface area contributed by atoms with E-state index in [1.165, 1.54) is 0 Å². The van der Waals surface area contributed by atoms with Crippen LogP contribution >= 0.6 is 0 Å². The molecule has 1 aliphatic heterocycles. The van der Waals surface area contributed by atoms with Crippen molar-refractivity contribution in [2.75, 3.05) is 20.2 Å². The molecule has 144 valence electrons. The van der Waals surface area contributed by atoms with E-state index in [9.17, 15) is 4.39 Å². The highest BCUT2D eigenvalue weighted by molar-refractivity contribution is 5.70. The highest BCUT2D eigenvalue weighted by Crippen LogP contribution is 2.30. The number of methoxy groups -OCH3 is 1. The molecular weight excluding hydrogens is 357 g/mol. The summed E-state index contributed by atoms with van der Waals surface area (Å²) < 4.78 is 24.1. The molecule has 6 nitrogen and oxygen atoms in total. The molecule has 1 aliphatic rings. The third-order valence-electron chi connectivity index (χ3n) is 5.47. The van der Waals surface area contributed by atoms with Crippen LogP contribution in [0.1, 0.15) is 30.1 Å². The van der Waals surface area contributed by atoms with Gasteiger partial charge in [0.05, 0.1) is 18.5 Å². The molecule has 0 aliphatic carbocycles. The minimum Gasteiger partial charge on any atom is -0.493 e. The molecule has 0 amide bonds. The lowest BCUT2D eigenvalue weighted by Gasteiger charge is -2.20. The Morgan fingerprint density at radius 2 is 1.71 bits per heavy atom. The first kappa shape index (κ1) is 17.2.